The van der Waals surface area contributed by atoms with E-state index in [0.717, 1.165) is 11.8 Å². The molecule has 0 aliphatic rings. The molecule has 1 N–H and O–H groups in total. The molecule has 0 bridgehead atoms. The maximum Gasteiger partial charge on any atom is 0.253 e. The summed E-state index contributed by atoms with van der Waals surface area (Å²) in [4.78, 5) is 12.2. The van der Waals surface area contributed by atoms with E-state index in [9.17, 15) is 9.18 Å². The molecule has 1 rings (SSSR count). The van der Waals surface area contributed by atoms with E-state index in [1.165, 1.54) is 18.2 Å². The molecule has 0 saturated heterocycles. The third-order valence-corrected chi connectivity index (χ3v) is 3.79. The molecule has 0 heterocycles. The smallest absolute Gasteiger partial charge is 0.253 e. The minimum atomic E-state index is -0.581. The van der Waals surface area contributed by atoms with Crippen molar-refractivity contribution in [1.29, 1.82) is 0 Å². The summed E-state index contributed by atoms with van der Waals surface area (Å²) in [5, 5.41) is 3.57. The lowest BCUT2D eigenvalue weighted by molar-refractivity contribution is 0.0900. The number of rotatable bonds is 4. The molecule has 0 aliphatic heterocycles. The fourth-order valence-electron chi connectivity index (χ4n) is 1.75. The van der Waals surface area contributed by atoms with Crippen LogP contribution in [0.3, 0.4) is 0 Å². The molecule has 1 aromatic carbocycles. The van der Waals surface area contributed by atoms with Crippen LogP contribution in [0.5, 0.6) is 0 Å². The molecule has 0 fully saturated rings. The Morgan fingerprint density at radius 3 is 2.63 bits per heavy atom. The third kappa shape index (κ3) is 4.46. The van der Waals surface area contributed by atoms with Crippen molar-refractivity contribution < 1.29 is 9.18 Å². The van der Waals surface area contributed by atoms with E-state index in [1.807, 2.05) is 20.8 Å². The quantitative estimate of drug-likeness (QED) is 0.801. The first-order valence-electron chi connectivity index (χ1n) is 6.08. The first-order valence-corrected chi connectivity index (χ1v) is 7.58. The average molecular weight is 351 g/mol. The van der Waals surface area contributed by atoms with Gasteiger partial charge in [-0.2, -0.15) is 0 Å². The molecule has 1 aromatic rings. The molecular weight excluding hydrogens is 333 g/mol. The summed E-state index contributed by atoms with van der Waals surface area (Å²) in [7, 11) is 0. The van der Waals surface area contributed by atoms with Crippen molar-refractivity contribution >= 4 is 33.4 Å². The van der Waals surface area contributed by atoms with Gasteiger partial charge in [-0.1, -0.05) is 54.4 Å². The summed E-state index contributed by atoms with van der Waals surface area (Å²) >= 11 is 9.20. The number of benzene rings is 1. The van der Waals surface area contributed by atoms with Crippen molar-refractivity contribution in [1.82, 2.24) is 5.32 Å². The van der Waals surface area contributed by atoms with Gasteiger partial charge in [0, 0.05) is 11.4 Å². The Labute approximate surface area is 126 Å². The minimum absolute atomic E-state index is 0.0151. The van der Waals surface area contributed by atoms with E-state index in [1.54, 1.807) is 0 Å². The van der Waals surface area contributed by atoms with Crippen LogP contribution in [-0.2, 0) is 0 Å². The number of carbonyl (C=O) groups excluding carboxylic acids is 1. The molecule has 5 heteroatoms. The van der Waals surface area contributed by atoms with Crippen molar-refractivity contribution in [3.8, 4) is 0 Å². The van der Waals surface area contributed by atoms with E-state index in [2.05, 4.69) is 21.2 Å². The van der Waals surface area contributed by atoms with E-state index in [-0.39, 0.29) is 28.0 Å². The van der Waals surface area contributed by atoms with Crippen LogP contribution >= 0.6 is 27.5 Å². The van der Waals surface area contributed by atoms with Crippen molar-refractivity contribution in [3.63, 3.8) is 0 Å². The van der Waals surface area contributed by atoms with Gasteiger partial charge in [0.25, 0.3) is 5.91 Å². The first kappa shape index (κ1) is 16.4. The molecule has 0 saturated carbocycles. The summed E-state index contributed by atoms with van der Waals surface area (Å²) in [6, 6.07) is 4.22. The van der Waals surface area contributed by atoms with Crippen LogP contribution in [0, 0.1) is 11.2 Å². The van der Waals surface area contributed by atoms with Crippen molar-refractivity contribution in [2.45, 2.75) is 33.2 Å². The molecule has 0 aromatic heterocycles. The van der Waals surface area contributed by atoms with Crippen molar-refractivity contribution in [3.05, 3.63) is 34.6 Å². The van der Waals surface area contributed by atoms with E-state index in [4.69, 9.17) is 11.6 Å². The lowest BCUT2D eigenvalue weighted by Gasteiger charge is -2.31. The second-order valence-electron chi connectivity index (χ2n) is 5.47. The second-order valence-corrected chi connectivity index (χ2v) is 6.64. The zero-order valence-electron chi connectivity index (χ0n) is 11.3. The van der Waals surface area contributed by atoms with Gasteiger partial charge in [0.15, 0.2) is 0 Å². The number of hydrogen-bond donors (Lipinski definition) is 1. The van der Waals surface area contributed by atoms with E-state index < -0.39 is 5.82 Å². The molecule has 0 aliphatic carbocycles. The predicted molar refractivity (Wildman–Crippen MR) is 80.5 cm³/mol. The standard InChI is InChI=1S/C14H18BrClFNO/c1-14(2,3)11(7-8-15)18-13(19)9-5-4-6-10(17)12(9)16/h4-6,11H,7-8H2,1-3H3,(H,18,19). The highest BCUT2D eigenvalue weighted by atomic mass is 79.9. The Balaban J connectivity index is 2.91. The van der Waals surface area contributed by atoms with Crippen LogP contribution in [0.15, 0.2) is 18.2 Å². The summed E-state index contributed by atoms with van der Waals surface area (Å²) in [5.41, 5.74) is 0.0916. The largest absolute Gasteiger partial charge is 0.349 e. The molecule has 2 nitrogen and oxygen atoms in total. The molecule has 0 spiro atoms. The van der Waals surface area contributed by atoms with Crippen LogP contribution in [0.1, 0.15) is 37.6 Å². The van der Waals surface area contributed by atoms with Crippen LogP contribution in [0.4, 0.5) is 4.39 Å². The molecule has 106 valence electrons. The Kier molecular flexibility index (Phi) is 5.81. The molecule has 19 heavy (non-hydrogen) atoms. The summed E-state index contributed by atoms with van der Waals surface area (Å²) in [6.07, 6.45) is 0.794. The molecular formula is C14H18BrClFNO. The minimum Gasteiger partial charge on any atom is -0.349 e. The van der Waals surface area contributed by atoms with Gasteiger partial charge in [0.2, 0.25) is 0 Å². The summed E-state index contributed by atoms with van der Waals surface area (Å²) < 4.78 is 13.3. The van der Waals surface area contributed by atoms with Crippen molar-refractivity contribution in [2.75, 3.05) is 5.33 Å². The average Bonchev–Trinajstić information content (AvgIpc) is 2.30. The van der Waals surface area contributed by atoms with Gasteiger partial charge in [-0.05, 0) is 24.0 Å². The van der Waals surface area contributed by atoms with Crippen LogP contribution in [0.2, 0.25) is 5.02 Å². The van der Waals surface area contributed by atoms with E-state index in [0.29, 0.717) is 0 Å². The highest BCUT2D eigenvalue weighted by Crippen LogP contribution is 2.24. The third-order valence-electron chi connectivity index (χ3n) is 2.94. The van der Waals surface area contributed by atoms with Crippen molar-refractivity contribution in [2.24, 2.45) is 5.41 Å². The normalized spacial score (nSPS) is 13.2. The van der Waals surface area contributed by atoms with Crippen LogP contribution < -0.4 is 5.32 Å². The number of amides is 1. The number of halogens is 3. The van der Waals surface area contributed by atoms with Gasteiger partial charge >= 0.3 is 0 Å². The topological polar surface area (TPSA) is 29.1 Å². The monoisotopic (exact) mass is 349 g/mol. The van der Waals surface area contributed by atoms with Crippen LogP contribution in [0.25, 0.3) is 0 Å². The van der Waals surface area contributed by atoms with Gasteiger partial charge in [-0.25, -0.2) is 4.39 Å². The molecule has 1 unspecified atom stereocenters. The molecule has 1 atom stereocenters. The lowest BCUT2D eigenvalue weighted by Crippen LogP contribution is -2.44. The second kappa shape index (κ2) is 6.71. The van der Waals surface area contributed by atoms with Crippen LogP contribution in [-0.4, -0.2) is 17.3 Å². The fourth-order valence-corrected chi connectivity index (χ4v) is 2.42. The Morgan fingerprint density at radius 1 is 1.47 bits per heavy atom. The number of carbonyl (C=O) groups is 1. The van der Waals surface area contributed by atoms with Gasteiger partial charge in [-0.3, -0.25) is 4.79 Å². The molecule has 0 radical (unpaired) electrons. The maximum atomic E-state index is 13.3. The number of nitrogens with one attached hydrogen (secondary N) is 1. The highest BCUT2D eigenvalue weighted by Gasteiger charge is 2.26. The zero-order chi connectivity index (χ0) is 14.6. The van der Waals surface area contributed by atoms with Gasteiger partial charge in [0.05, 0.1) is 10.6 Å². The Morgan fingerprint density at radius 2 is 2.11 bits per heavy atom. The number of hydrogen-bond acceptors (Lipinski definition) is 1. The molecule has 1 amide bonds. The lowest BCUT2D eigenvalue weighted by atomic mass is 9.85. The summed E-state index contributed by atoms with van der Waals surface area (Å²) in [6.45, 7) is 6.15. The van der Waals surface area contributed by atoms with Gasteiger partial charge in [0.1, 0.15) is 5.82 Å². The van der Waals surface area contributed by atoms with E-state index >= 15 is 0 Å². The Hall–Kier alpha value is -0.610. The van der Waals surface area contributed by atoms with Gasteiger partial charge in [-0.15, -0.1) is 0 Å². The van der Waals surface area contributed by atoms with Gasteiger partial charge < -0.3 is 5.32 Å². The predicted octanol–water partition coefficient (Wildman–Crippen LogP) is 4.41. The highest BCUT2D eigenvalue weighted by molar-refractivity contribution is 9.09. The Bertz CT molecular complexity index is 459. The summed E-state index contributed by atoms with van der Waals surface area (Å²) in [5.74, 6) is -0.924. The first-order chi connectivity index (χ1) is 8.77. The SMILES string of the molecule is CC(C)(C)C(CCBr)NC(=O)c1cccc(F)c1Cl. The maximum absolute atomic E-state index is 13.3. The fraction of sp³-hybridized carbons (Fsp3) is 0.500. The zero-order valence-corrected chi connectivity index (χ0v) is 13.6. The number of alkyl halides is 1.